The molecule has 0 radical (unpaired) electrons. The summed E-state index contributed by atoms with van der Waals surface area (Å²) in [6.45, 7) is 5.67. The van der Waals surface area contributed by atoms with E-state index in [-0.39, 0.29) is 5.91 Å². The number of anilines is 1. The first-order valence-corrected chi connectivity index (χ1v) is 8.54. The van der Waals surface area contributed by atoms with Crippen LogP contribution in [0.2, 0.25) is 0 Å². The van der Waals surface area contributed by atoms with Crippen molar-refractivity contribution < 1.29 is 14.6 Å². The quantitative estimate of drug-likeness (QED) is 0.894. The first kappa shape index (κ1) is 16.4. The lowest BCUT2D eigenvalue weighted by Gasteiger charge is -2.32. The largest absolute Gasteiger partial charge is 0.380 e. The fourth-order valence-electron chi connectivity index (χ4n) is 3.45. The monoisotopic (exact) mass is 318 g/mol. The van der Waals surface area contributed by atoms with Crippen molar-refractivity contribution in [2.24, 2.45) is 0 Å². The minimum absolute atomic E-state index is 0.274. The summed E-state index contributed by atoms with van der Waals surface area (Å²) >= 11 is 0. The molecule has 1 saturated carbocycles. The third kappa shape index (κ3) is 3.74. The second-order valence-corrected chi connectivity index (χ2v) is 6.64. The molecule has 1 aromatic rings. The predicted molar refractivity (Wildman–Crippen MR) is 89.3 cm³/mol. The fourth-order valence-corrected chi connectivity index (χ4v) is 3.45. The Bertz CT molecular complexity index is 532. The van der Waals surface area contributed by atoms with E-state index in [1.807, 2.05) is 12.1 Å². The highest BCUT2D eigenvalue weighted by molar-refractivity contribution is 5.97. The Morgan fingerprint density at radius 3 is 2.43 bits per heavy atom. The second-order valence-electron chi connectivity index (χ2n) is 6.64. The molecule has 5 nitrogen and oxygen atoms in total. The number of hydrogen-bond acceptors (Lipinski definition) is 4. The molecule has 1 atom stereocenters. The molecule has 2 fully saturated rings. The maximum atomic E-state index is 12.2. The summed E-state index contributed by atoms with van der Waals surface area (Å²) in [4.78, 5) is 14.6. The van der Waals surface area contributed by atoms with Crippen LogP contribution in [0.5, 0.6) is 0 Å². The summed E-state index contributed by atoms with van der Waals surface area (Å²) in [5, 5.41) is 13.2. The summed E-state index contributed by atoms with van der Waals surface area (Å²) in [7, 11) is 0. The Kier molecular flexibility index (Phi) is 4.99. The number of nitrogens with zero attached hydrogens (tertiary/aromatic N) is 1. The van der Waals surface area contributed by atoms with Gasteiger partial charge in [-0.05, 0) is 50.3 Å². The van der Waals surface area contributed by atoms with Crippen LogP contribution in [-0.4, -0.2) is 47.8 Å². The number of ether oxygens (including phenoxy) is 1. The number of morpholine rings is 1. The van der Waals surface area contributed by atoms with E-state index in [1.165, 1.54) is 5.56 Å². The van der Waals surface area contributed by atoms with Crippen molar-refractivity contribution in [3.05, 3.63) is 29.8 Å². The zero-order valence-corrected chi connectivity index (χ0v) is 13.8. The van der Waals surface area contributed by atoms with Crippen LogP contribution in [0.3, 0.4) is 0 Å². The van der Waals surface area contributed by atoms with Crippen molar-refractivity contribution in [1.82, 2.24) is 4.90 Å². The number of hydrogen-bond donors (Lipinski definition) is 2. The Balaban J connectivity index is 1.61. The molecule has 3 rings (SSSR count). The molecule has 5 heteroatoms. The highest BCUT2D eigenvalue weighted by atomic mass is 16.5. The van der Waals surface area contributed by atoms with Gasteiger partial charge in [0.25, 0.3) is 5.91 Å². The van der Waals surface area contributed by atoms with Crippen LogP contribution in [0.25, 0.3) is 0 Å². The van der Waals surface area contributed by atoms with Crippen LogP contribution in [0, 0.1) is 0 Å². The van der Waals surface area contributed by atoms with E-state index < -0.39 is 5.60 Å². The number of carbonyl (C=O) groups is 1. The topological polar surface area (TPSA) is 61.8 Å². The summed E-state index contributed by atoms with van der Waals surface area (Å²) < 4.78 is 5.39. The van der Waals surface area contributed by atoms with Gasteiger partial charge in [0.2, 0.25) is 0 Å². The molecule has 0 spiro atoms. The average molecular weight is 318 g/mol. The van der Waals surface area contributed by atoms with Gasteiger partial charge in [-0.3, -0.25) is 9.69 Å². The molecule has 1 amide bonds. The first-order chi connectivity index (χ1) is 11.1. The molecular weight excluding hydrogens is 292 g/mol. The van der Waals surface area contributed by atoms with E-state index in [2.05, 4.69) is 29.3 Å². The van der Waals surface area contributed by atoms with E-state index in [0.29, 0.717) is 18.9 Å². The summed E-state index contributed by atoms with van der Waals surface area (Å²) in [5.41, 5.74) is 0.789. The van der Waals surface area contributed by atoms with Gasteiger partial charge >= 0.3 is 0 Å². The van der Waals surface area contributed by atoms with E-state index in [1.54, 1.807) is 0 Å². The van der Waals surface area contributed by atoms with Crippen LogP contribution in [0.1, 0.15) is 44.2 Å². The van der Waals surface area contributed by atoms with Crippen LogP contribution in [-0.2, 0) is 9.53 Å². The van der Waals surface area contributed by atoms with Crippen LogP contribution < -0.4 is 5.32 Å². The van der Waals surface area contributed by atoms with Gasteiger partial charge < -0.3 is 15.2 Å². The van der Waals surface area contributed by atoms with Gasteiger partial charge in [-0.25, -0.2) is 0 Å². The minimum atomic E-state index is -1.18. The molecule has 126 valence electrons. The lowest BCUT2D eigenvalue weighted by Crippen LogP contribution is -2.40. The number of benzene rings is 1. The smallest absolute Gasteiger partial charge is 0.256 e. The van der Waals surface area contributed by atoms with E-state index in [0.717, 1.165) is 44.8 Å². The van der Waals surface area contributed by atoms with Crippen molar-refractivity contribution in [2.75, 3.05) is 31.6 Å². The highest BCUT2D eigenvalue weighted by Crippen LogP contribution is 2.31. The fraction of sp³-hybridized carbons (Fsp3) is 0.611. The molecule has 0 aromatic heterocycles. The van der Waals surface area contributed by atoms with E-state index in [4.69, 9.17) is 4.74 Å². The number of rotatable bonds is 4. The lowest BCUT2D eigenvalue weighted by atomic mass is 10.0. The zero-order chi connectivity index (χ0) is 16.3. The third-order valence-electron chi connectivity index (χ3n) is 5.10. The maximum absolute atomic E-state index is 12.2. The molecule has 23 heavy (non-hydrogen) atoms. The summed E-state index contributed by atoms with van der Waals surface area (Å²) in [6, 6.07) is 8.27. The number of nitrogens with one attached hydrogen (secondary N) is 1. The van der Waals surface area contributed by atoms with Gasteiger partial charge in [-0.2, -0.15) is 0 Å². The Hall–Kier alpha value is -1.43. The van der Waals surface area contributed by atoms with E-state index in [9.17, 15) is 9.90 Å². The van der Waals surface area contributed by atoms with Gasteiger partial charge in [0, 0.05) is 24.8 Å². The molecule has 0 bridgehead atoms. The molecule has 1 aliphatic heterocycles. The predicted octanol–water partition coefficient (Wildman–Crippen LogP) is 2.32. The number of carbonyl (C=O) groups excluding carboxylic acids is 1. The van der Waals surface area contributed by atoms with E-state index >= 15 is 0 Å². The first-order valence-electron chi connectivity index (χ1n) is 8.54. The molecule has 1 unspecified atom stereocenters. The molecule has 1 heterocycles. The normalized spacial score (nSPS) is 22.7. The molecular formula is C18H26N2O3. The molecule has 1 aromatic carbocycles. The molecule has 1 aliphatic carbocycles. The van der Waals surface area contributed by atoms with Crippen LogP contribution in [0.15, 0.2) is 24.3 Å². The van der Waals surface area contributed by atoms with Crippen molar-refractivity contribution in [3.63, 3.8) is 0 Å². The molecule has 1 saturated heterocycles. The van der Waals surface area contributed by atoms with Crippen LogP contribution >= 0.6 is 0 Å². The van der Waals surface area contributed by atoms with Crippen molar-refractivity contribution in [1.29, 1.82) is 0 Å². The third-order valence-corrected chi connectivity index (χ3v) is 5.10. The van der Waals surface area contributed by atoms with Gasteiger partial charge in [-0.15, -0.1) is 0 Å². The summed E-state index contributed by atoms with van der Waals surface area (Å²) in [5.74, 6) is -0.274. The van der Waals surface area contributed by atoms with Crippen molar-refractivity contribution in [3.8, 4) is 0 Å². The summed E-state index contributed by atoms with van der Waals surface area (Å²) in [6.07, 6.45) is 2.95. The van der Waals surface area contributed by atoms with Gasteiger partial charge in [-0.1, -0.05) is 12.1 Å². The SMILES string of the molecule is CC(c1ccc(NC(=O)C2(O)CCCC2)cc1)N1CCOCC1. The minimum Gasteiger partial charge on any atom is -0.380 e. The Labute approximate surface area is 137 Å². The Morgan fingerprint density at radius 2 is 1.83 bits per heavy atom. The van der Waals surface area contributed by atoms with Gasteiger partial charge in [0.1, 0.15) is 5.60 Å². The zero-order valence-electron chi connectivity index (χ0n) is 13.8. The van der Waals surface area contributed by atoms with Crippen molar-refractivity contribution >= 4 is 11.6 Å². The number of aliphatic hydroxyl groups is 1. The average Bonchev–Trinajstić information content (AvgIpc) is 3.04. The van der Waals surface area contributed by atoms with Crippen LogP contribution in [0.4, 0.5) is 5.69 Å². The van der Waals surface area contributed by atoms with Gasteiger partial charge in [0.15, 0.2) is 0 Å². The van der Waals surface area contributed by atoms with Crippen molar-refractivity contribution in [2.45, 2.75) is 44.2 Å². The standard InChI is InChI=1S/C18H26N2O3/c1-14(20-10-12-23-13-11-20)15-4-6-16(7-5-15)19-17(21)18(22)8-2-3-9-18/h4-7,14,22H,2-3,8-13H2,1H3,(H,19,21). The van der Waals surface area contributed by atoms with Gasteiger partial charge in [0.05, 0.1) is 13.2 Å². The molecule has 2 aliphatic rings. The molecule has 2 N–H and O–H groups in total. The highest BCUT2D eigenvalue weighted by Gasteiger charge is 2.38. The number of amides is 1. The maximum Gasteiger partial charge on any atom is 0.256 e. The Morgan fingerprint density at radius 1 is 1.22 bits per heavy atom. The lowest BCUT2D eigenvalue weighted by molar-refractivity contribution is -0.133. The second kappa shape index (κ2) is 6.99.